The molecule has 0 aliphatic heterocycles. The van der Waals surface area contributed by atoms with Gasteiger partial charge < -0.3 is 9.73 Å². The third kappa shape index (κ3) is 3.59. The molecule has 1 unspecified atom stereocenters. The zero-order chi connectivity index (χ0) is 13.0. The molecule has 0 radical (unpaired) electrons. The Morgan fingerprint density at radius 2 is 2.22 bits per heavy atom. The number of benzene rings is 1. The molecule has 0 saturated carbocycles. The first-order valence-electron chi connectivity index (χ1n) is 5.85. The Kier molecular flexibility index (Phi) is 4.39. The molecule has 2 aromatic rings. The second-order valence-corrected chi connectivity index (χ2v) is 4.74. The summed E-state index contributed by atoms with van der Waals surface area (Å²) >= 11 is 5.84. The van der Waals surface area contributed by atoms with Crippen molar-refractivity contribution in [3.63, 3.8) is 0 Å². The molecule has 18 heavy (non-hydrogen) atoms. The summed E-state index contributed by atoms with van der Waals surface area (Å²) in [7, 11) is 0. The average molecular weight is 268 g/mol. The first-order chi connectivity index (χ1) is 8.65. The summed E-state index contributed by atoms with van der Waals surface area (Å²) in [4.78, 5) is 0. The lowest BCUT2D eigenvalue weighted by molar-refractivity contribution is 0.453. The van der Waals surface area contributed by atoms with Crippen LogP contribution in [-0.2, 0) is 13.0 Å². The van der Waals surface area contributed by atoms with Gasteiger partial charge in [0.1, 0.15) is 11.6 Å². The molecule has 1 aromatic heterocycles. The molecule has 1 N–H and O–H groups in total. The molecule has 0 bridgehead atoms. The van der Waals surface area contributed by atoms with E-state index in [1.807, 2.05) is 19.1 Å². The van der Waals surface area contributed by atoms with Crippen LogP contribution >= 0.6 is 11.6 Å². The number of hydrogen-bond donors (Lipinski definition) is 1. The molecule has 0 saturated heterocycles. The van der Waals surface area contributed by atoms with E-state index < -0.39 is 0 Å². The lowest BCUT2D eigenvalue weighted by Crippen LogP contribution is -2.27. The van der Waals surface area contributed by atoms with Crippen LogP contribution in [0, 0.1) is 5.82 Å². The van der Waals surface area contributed by atoms with Gasteiger partial charge in [-0.2, -0.15) is 0 Å². The van der Waals surface area contributed by atoms with E-state index in [2.05, 4.69) is 5.32 Å². The highest BCUT2D eigenvalue weighted by Crippen LogP contribution is 2.15. The molecule has 1 heterocycles. The van der Waals surface area contributed by atoms with Gasteiger partial charge in [0.2, 0.25) is 0 Å². The fourth-order valence-corrected chi connectivity index (χ4v) is 1.96. The molecule has 4 heteroatoms. The second-order valence-electron chi connectivity index (χ2n) is 4.30. The minimum Gasteiger partial charge on any atom is -0.469 e. The quantitative estimate of drug-likeness (QED) is 0.892. The summed E-state index contributed by atoms with van der Waals surface area (Å²) in [5.74, 6) is 0.679. The number of furan rings is 1. The molecule has 0 spiro atoms. The normalized spacial score (nSPS) is 12.6. The standard InChI is InChI=1S/C14H15ClFNO/c1-10(7-13-3-2-6-18-13)17-9-11-8-12(15)4-5-14(11)16/h2-6,8,10,17H,7,9H2,1H3. The minimum atomic E-state index is -0.239. The molecular weight excluding hydrogens is 253 g/mol. The minimum absolute atomic E-state index is 0.203. The molecule has 0 aliphatic carbocycles. The van der Waals surface area contributed by atoms with Crippen molar-refractivity contribution in [2.24, 2.45) is 0 Å². The van der Waals surface area contributed by atoms with Crippen LogP contribution in [0.4, 0.5) is 4.39 Å². The Morgan fingerprint density at radius 1 is 1.39 bits per heavy atom. The fraction of sp³-hybridized carbons (Fsp3) is 0.286. The van der Waals surface area contributed by atoms with Crippen molar-refractivity contribution in [3.8, 4) is 0 Å². The van der Waals surface area contributed by atoms with Crippen LogP contribution in [0.3, 0.4) is 0 Å². The zero-order valence-corrected chi connectivity index (χ0v) is 10.9. The van der Waals surface area contributed by atoms with Crippen LogP contribution in [0.5, 0.6) is 0 Å². The molecule has 0 fully saturated rings. The topological polar surface area (TPSA) is 25.2 Å². The van der Waals surface area contributed by atoms with Crippen LogP contribution in [0.2, 0.25) is 5.02 Å². The van der Waals surface area contributed by atoms with E-state index in [4.69, 9.17) is 16.0 Å². The maximum Gasteiger partial charge on any atom is 0.127 e. The van der Waals surface area contributed by atoms with Crippen molar-refractivity contribution in [3.05, 3.63) is 58.8 Å². The van der Waals surface area contributed by atoms with Crippen LogP contribution in [0.25, 0.3) is 0 Å². The van der Waals surface area contributed by atoms with Crippen molar-refractivity contribution in [1.29, 1.82) is 0 Å². The van der Waals surface area contributed by atoms with Gasteiger partial charge in [-0.25, -0.2) is 4.39 Å². The summed E-state index contributed by atoms with van der Waals surface area (Å²) in [6.07, 6.45) is 2.42. The van der Waals surface area contributed by atoms with Crippen molar-refractivity contribution >= 4 is 11.6 Å². The largest absolute Gasteiger partial charge is 0.469 e. The lowest BCUT2D eigenvalue weighted by Gasteiger charge is -2.13. The Hall–Kier alpha value is -1.32. The van der Waals surface area contributed by atoms with E-state index in [-0.39, 0.29) is 11.9 Å². The summed E-state index contributed by atoms with van der Waals surface area (Å²) in [6.45, 7) is 2.49. The van der Waals surface area contributed by atoms with Crippen LogP contribution < -0.4 is 5.32 Å². The third-order valence-corrected chi connectivity index (χ3v) is 2.97. The van der Waals surface area contributed by atoms with Crippen molar-refractivity contribution in [1.82, 2.24) is 5.32 Å². The number of hydrogen-bond acceptors (Lipinski definition) is 2. The Balaban J connectivity index is 1.89. The van der Waals surface area contributed by atoms with Crippen LogP contribution in [-0.4, -0.2) is 6.04 Å². The maximum atomic E-state index is 13.5. The van der Waals surface area contributed by atoms with E-state index in [1.165, 1.54) is 6.07 Å². The predicted molar refractivity (Wildman–Crippen MR) is 70.1 cm³/mol. The first-order valence-corrected chi connectivity index (χ1v) is 6.22. The van der Waals surface area contributed by atoms with Crippen molar-refractivity contribution in [2.75, 3.05) is 0 Å². The summed E-state index contributed by atoms with van der Waals surface area (Å²) in [5.41, 5.74) is 0.578. The van der Waals surface area contributed by atoms with E-state index in [1.54, 1.807) is 18.4 Å². The SMILES string of the molecule is CC(Cc1ccco1)NCc1cc(Cl)ccc1F. The monoisotopic (exact) mass is 267 g/mol. The summed E-state index contributed by atoms with van der Waals surface area (Å²) in [6, 6.07) is 8.57. The number of nitrogens with one attached hydrogen (secondary N) is 1. The second kappa shape index (κ2) is 6.03. The van der Waals surface area contributed by atoms with Crippen molar-refractivity contribution in [2.45, 2.75) is 25.9 Å². The highest BCUT2D eigenvalue weighted by Gasteiger charge is 2.07. The molecule has 0 aliphatic rings. The van der Waals surface area contributed by atoms with Gasteiger partial charge in [-0.05, 0) is 37.3 Å². The number of halogens is 2. The Morgan fingerprint density at radius 3 is 2.94 bits per heavy atom. The zero-order valence-electron chi connectivity index (χ0n) is 10.1. The molecule has 1 aromatic carbocycles. The van der Waals surface area contributed by atoms with E-state index in [9.17, 15) is 4.39 Å². The van der Waals surface area contributed by atoms with Gasteiger partial charge in [0, 0.05) is 29.6 Å². The van der Waals surface area contributed by atoms with Gasteiger partial charge in [-0.3, -0.25) is 0 Å². The molecule has 2 rings (SSSR count). The van der Waals surface area contributed by atoms with Gasteiger partial charge >= 0.3 is 0 Å². The smallest absolute Gasteiger partial charge is 0.127 e. The third-order valence-electron chi connectivity index (χ3n) is 2.74. The molecule has 2 nitrogen and oxygen atoms in total. The molecule has 1 atom stereocenters. The Labute approximate surface area is 111 Å². The van der Waals surface area contributed by atoms with Crippen LogP contribution in [0.15, 0.2) is 41.0 Å². The lowest BCUT2D eigenvalue weighted by atomic mass is 10.1. The summed E-state index contributed by atoms with van der Waals surface area (Å²) in [5, 5.41) is 3.79. The van der Waals surface area contributed by atoms with Gasteiger partial charge in [-0.1, -0.05) is 11.6 Å². The highest BCUT2D eigenvalue weighted by atomic mass is 35.5. The molecular formula is C14H15ClFNO. The van der Waals surface area contributed by atoms with E-state index >= 15 is 0 Å². The Bertz CT molecular complexity index is 499. The maximum absolute atomic E-state index is 13.5. The van der Waals surface area contributed by atoms with E-state index in [0.717, 1.165) is 12.2 Å². The highest BCUT2D eigenvalue weighted by molar-refractivity contribution is 6.30. The molecule has 0 amide bonds. The van der Waals surface area contributed by atoms with Gasteiger partial charge in [0.15, 0.2) is 0 Å². The van der Waals surface area contributed by atoms with E-state index in [0.29, 0.717) is 17.1 Å². The van der Waals surface area contributed by atoms with Crippen molar-refractivity contribution < 1.29 is 8.81 Å². The fourth-order valence-electron chi connectivity index (χ4n) is 1.77. The first kappa shape index (κ1) is 13.1. The van der Waals surface area contributed by atoms with Gasteiger partial charge in [0.25, 0.3) is 0 Å². The average Bonchev–Trinajstić information content (AvgIpc) is 2.83. The van der Waals surface area contributed by atoms with Crippen LogP contribution in [0.1, 0.15) is 18.2 Å². The molecule has 96 valence electrons. The predicted octanol–water partition coefficient (Wildman–Crippen LogP) is 3.79. The summed E-state index contributed by atoms with van der Waals surface area (Å²) < 4.78 is 18.7. The van der Waals surface area contributed by atoms with Gasteiger partial charge in [0.05, 0.1) is 6.26 Å². The number of rotatable bonds is 5. The van der Waals surface area contributed by atoms with Gasteiger partial charge in [-0.15, -0.1) is 0 Å².